The van der Waals surface area contributed by atoms with Crippen LogP contribution in [0.15, 0.2) is 36.4 Å². The average Bonchev–Trinajstić information content (AvgIpc) is 2.41. The normalized spacial score (nSPS) is 10.3. The second-order valence-electron chi connectivity index (χ2n) is 3.80. The molecule has 0 saturated heterocycles. The summed E-state index contributed by atoms with van der Waals surface area (Å²) in [5, 5.41) is 0. The van der Waals surface area contributed by atoms with Crippen molar-refractivity contribution in [3.8, 4) is 5.75 Å². The predicted octanol–water partition coefficient (Wildman–Crippen LogP) is 3.50. The third kappa shape index (κ3) is 2.93. The number of hydrogen-bond acceptors (Lipinski definition) is 2. The number of carbonyl (C=O) groups excluding carboxylic acids is 1. The fourth-order valence-electron chi connectivity index (χ4n) is 1.54. The van der Waals surface area contributed by atoms with Crippen molar-refractivity contribution in [2.24, 2.45) is 0 Å². The molecular formula is C14H9F3O2. The van der Waals surface area contributed by atoms with E-state index >= 15 is 0 Å². The van der Waals surface area contributed by atoms with Crippen molar-refractivity contribution in [2.75, 3.05) is 0 Å². The fourth-order valence-corrected chi connectivity index (χ4v) is 1.54. The molecule has 0 aliphatic rings. The van der Waals surface area contributed by atoms with E-state index in [9.17, 15) is 18.0 Å². The van der Waals surface area contributed by atoms with Gasteiger partial charge in [-0.3, -0.25) is 4.79 Å². The highest BCUT2D eigenvalue weighted by molar-refractivity contribution is 5.79. The minimum atomic E-state index is -1.26. The molecule has 0 heterocycles. The van der Waals surface area contributed by atoms with Gasteiger partial charge in [0.1, 0.15) is 18.2 Å². The van der Waals surface area contributed by atoms with E-state index in [1.807, 2.05) is 0 Å². The first-order chi connectivity index (χ1) is 9.11. The summed E-state index contributed by atoms with van der Waals surface area (Å²) in [6.45, 7) is -0.298. The Morgan fingerprint density at radius 2 is 1.68 bits per heavy atom. The van der Waals surface area contributed by atoms with Gasteiger partial charge in [0.25, 0.3) is 0 Å². The number of para-hydroxylation sites is 1. The third-order valence-corrected chi connectivity index (χ3v) is 2.52. The zero-order valence-corrected chi connectivity index (χ0v) is 9.70. The number of halogens is 3. The van der Waals surface area contributed by atoms with Gasteiger partial charge in [-0.05, 0) is 18.2 Å². The van der Waals surface area contributed by atoms with E-state index in [0.29, 0.717) is 17.9 Å². The van der Waals surface area contributed by atoms with Gasteiger partial charge in [-0.15, -0.1) is 0 Å². The lowest BCUT2D eigenvalue weighted by Crippen LogP contribution is -2.02. The molecule has 0 atom stereocenters. The molecule has 0 amide bonds. The van der Waals surface area contributed by atoms with Crippen molar-refractivity contribution in [3.63, 3.8) is 0 Å². The lowest BCUT2D eigenvalue weighted by atomic mass is 10.2. The van der Waals surface area contributed by atoms with Gasteiger partial charge in [0.2, 0.25) is 0 Å². The molecule has 0 aliphatic heterocycles. The van der Waals surface area contributed by atoms with E-state index in [1.165, 1.54) is 12.1 Å². The number of carbonyl (C=O) groups is 1. The van der Waals surface area contributed by atoms with Crippen LogP contribution < -0.4 is 4.74 Å². The van der Waals surface area contributed by atoms with Gasteiger partial charge < -0.3 is 4.74 Å². The maximum atomic E-state index is 13.4. The van der Waals surface area contributed by atoms with Crippen molar-refractivity contribution in [2.45, 2.75) is 6.61 Å². The summed E-state index contributed by atoms with van der Waals surface area (Å²) in [6.07, 6.45) is 0.594. The fraction of sp³-hybridized carbons (Fsp3) is 0.0714. The standard InChI is InChI=1S/C14H9F3O2/c15-11-6-13(17)12(16)5-10(11)8-19-14-4-2-1-3-9(14)7-18/h1-7H,8H2. The largest absolute Gasteiger partial charge is 0.488 e. The Labute approximate surface area is 107 Å². The van der Waals surface area contributed by atoms with Crippen molar-refractivity contribution in [1.82, 2.24) is 0 Å². The van der Waals surface area contributed by atoms with Gasteiger partial charge >= 0.3 is 0 Å². The lowest BCUT2D eigenvalue weighted by molar-refractivity contribution is 0.111. The zero-order valence-electron chi connectivity index (χ0n) is 9.70. The van der Waals surface area contributed by atoms with Crippen LogP contribution in [-0.2, 0) is 6.61 Å². The number of aldehydes is 1. The lowest BCUT2D eigenvalue weighted by Gasteiger charge is -2.09. The molecular weight excluding hydrogens is 257 g/mol. The highest BCUT2D eigenvalue weighted by Crippen LogP contribution is 2.19. The number of rotatable bonds is 4. The first kappa shape index (κ1) is 13.1. The van der Waals surface area contributed by atoms with Gasteiger partial charge in [0.05, 0.1) is 5.56 Å². The van der Waals surface area contributed by atoms with Gasteiger partial charge in [-0.25, -0.2) is 13.2 Å². The van der Waals surface area contributed by atoms with Gasteiger partial charge in [-0.2, -0.15) is 0 Å². The molecule has 0 saturated carbocycles. The van der Waals surface area contributed by atoms with Crippen molar-refractivity contribution in [1.29, 1.82) is 0 Å². The molecule has 2 nitrogen and oxygen atoms in total. The first-order valence-corrected chi connectivity index (χ1v) is 5.42. The van der Waals surface area contributed by atoms with Crippen molar-refractivity contribution in [3.05, 3.63) is 65.0 Å². The van der Waals surface area contributed by atoms with Crippen molar-refractivity contribution < 1.29 is 22.7 Å². The zero-order chi connectivity index (χ0) is 13.8. The molecule has 0 radical (unpaired) electrons. The maximum Gasteiger partial charge on any atom is 0.161 e. The number of ether oxygens (including phenoxy) is 1. The maximum absolute atomic E-state index is 13.4. The second-order valence-corrected chi connectivity index (χ2v) is 3.80. The second kappa shape index (κ2) is 5.56. The molecule has 0 aromatic heterocycles. The van der Waals surface area contributed by atoms with Crippen LogP contribution >= 0.6 is 0 Å². The molecule has 0 unspecified atom stereocenters. The Balaban J connectivity index is 2.19. The van der Waals surface area contributed by atoms with E-state index < -0.39 is 17.5 Å². The Morgan fingerprint density at radius 3 is 2.42 bits per heavy atom. The van der Waals surface area contributed by atoms with E-state index in [4.69, 9.17) is 4.74 Å². The summed E-state index contributed by atoms with van der Waals surface area (Å²) in [4.78, 5) is 10.7. The van der Waals surface area contributed by atoms with E-state index in [-0.39, 0.29) is 17.9 Å². The summed E-state index contributed by atoms with van der Waals surface area (Å²) in [5.41, 5.74) is 0.171. The van der Waals surface area contributed by atoms with E-state index in [0.717, 1.165) is 6.07 Å². The van der Waals surface area contributed by atoms with Crippen LogP contribution in [0.5, 0.6) is 5.75 Å². The summed E-state index contributed by atoms with van der Waals surface area (Å²) in [5.74, 6) is -3.05. The Morgan fingerprint density at radius 1 is 1.00 bits per heavy atom. The van der Waals surface area contributed by atoms with Crippen LogP contribution in [0.4, 0.5) is 13.2 Å². The molecule has 0 N–H and O–H groups in total. The van der Waals surface area contributed by atoms with Crippen LogP contribution in [0, 0.1) is 17.5 Å². The highest BCUT2D eigenvalue weighted by Gasteiger charge is 2.11. The van der Waals surface area contributed by atoms with Crippen LogP contribution in [0.2, 0.25) is 0 Å². The molecule has 0 fully saturated rings. The SMILES string of the molecule is O=Cc1ccccc1OCc1cc(F)c(F)cc1F. The smallest absolute Gasteiger partial charge is 0.161 e. The summed E-state index contributed by atoms with van der Waals surface area (Å²) in [6, 6.07) is 7.54. The third-order valence-electron chi connectivity index (χ3n) is 2.52. The molecule has 0 spiro atoms. The Hall–Kier alpha value is -2.30. The molecule has 0 bridgehead atoms. The minimum Gasteiger partial charge on any atom is -0.488 e. The summed E-state index contributed by atoms with van der Waals surface area (Å²) in [7, 11) is 0. The molecule has 0 aliphatic carbocycles. The topological polar surface area (TPSA) is 26.3 Å². The van der Waals surface area contributed by atoms with Crippen molar-refractivity contribution >= 4 is 6.29 Å². The Bertz CT molecular complexity index is 612. The predicted molar refractivity (Wildman–Crippen MR) is 62.5 cm³/mol. The van der Waals surface area contributed by atoms with Crippen LogP contribution in [0.1, 0.15) is 15.9 Å². The molecule has 98 valence electrons. The van der Waals surface area contributed by atoms with Crippen LogP contribution in [0.25, 0.3) is 0 Å². The summed E-state index contributed by atoms with van der Waals surface area (Å²) < 4.78 is 44.3. The molecule has 19 heavy (non-hydrogen) atoms. The minimum absolute atomic E-state index is 0.125. The quantitative estimate of drug-likeness (QED) is 0.625. The van der Waals surface area contributed by atoms with Gasteiger partial charge in [-0.1, -0.05) is 12.1 Å². The summed E-state index contributed by atoms with van der Waals surface area (Å²) >= 11 is 0. The highest BCUT2D eigenvalue weighted by atomic mass is 19.2. The number of hydrogen-bond donors (Lipinski definition) is 0. The van der Waals surface area contributed by atoms with Gasteiger partial charge in [0.15, 0.2) is 17.9 Å². The molecule has 5 heteroatoms. The molecule has 2 aromatic rings. The van der Waals surface area contributed by atoms with E-state index in [2.05, 4.69) is 0 Å². The van der Waals surface area contributed by atoms with Crippen LogP contribution in [-0.4, -0.2) is 6.29 Å². The van der Waals surface area contributed by atoms with Gasteiger partial charge in [0, 0.05) is 11.6 Å². The Kier molecular flexibility index (Phi) is 3.85. The number of benzene rings is 2. The average molecular weight is 266 g/mol. The molecule has 2 aromatic carbocycles. The monoisotopic (exact) mass is 266 g/mol. The molecule has 2 rings (SSSR count). The first-order valence-electron chi connectivity index (χ1n) is 5.42. The van der Waals surface area contributed by atoms with Crippen LogP contribution in [0.3, 0.4) is 0 Å². The van der Waals surface area contributed by atoms with E-state index in [1.54, 1.807) is 12.1 Å².